The molecule has 0 radical (unpaired) electrons. The van der Waals surface area contributed by atoms with Gasteiger partial charge in [-0.2, -0.15) is 0 Å². The summed E-state index contributed by atoms with van der Waals surface area (Å²) in [6, 6.07) is 7.35. The van der Waals surface area contributed by atoms with Crippen molar-refractivity contribution in [3.05, 3.63) is 29.8 Å². The summed E-state index contributed by atoms with van der Waals surface area (Å²) in [6.07, 6.45) is 8.77. The molecule has 150 valence electrons. The van der Waals surface area contributed by atoms with Crippen molar-refractivity contribution < 1.29 is 8.42 Å². The quantitative estimate of drug-likeness (QED) is 0.265. The van der Waals surface area contributed by atoms with Crippen LogP contribution in [-0.4, -0.2) is 32.5 Å². The Hall–Kier alpha value is -0.0313. The molecule has 0 amide bonds. The van der Waals surface area contributed by atoms with Gasteiger partial charge in [-0.3, -0.25) is 0 Å². The van der Waals surface area contributed by atoms with Crippen LogP contribution in [-0.2, 0) is 9.84 Å². The van der Waals surface area contributed by atoms with Gasteiger partial charge in [-0.15, -0.1) is 0 Å². The first-order valence-corrected chi connectivity index (χ1v) is 20.4. The Morgan fingerprint density at radius 2 is 1.15 bits per heavy atom. The topological polar surface area (TPSA) is 34.1 Å². The van der Waals surface area contributed by atoms with Crippen molar-refractivity contribution in [3.63, 3.8) is 0 Å². The molecule has 1 aromatic carbocycles. The monoisotopic (exact) mass is 488 g/mol. The molecule has 2 nitrogen and oxygen atoms in total. The predicted molar refractivity (Wildman–Crippen MR) is 118 cm³/mol. The fraction of sp³-hybridized carbons (Fsp3) is 0.727. The maximum absolute atomic E-state index is 12.7. The van der Waals surface area contributed by atoms with E-state index in [1.54, 1.807) is 12.1 Å². The minimum absolute atomic E-state index is 0.332. The molecule has 4 heteroatoms. The molecule has 0 bridgehead atoms. The number of hydrogen-bond acceptors (Lipinski definition) is 2. The zero-order valence-electron chi connectivity index (χ0n) is 17.5. The third kappa shape index (κ3) is 8.33. The molecule has 0 aliphatic rings. The first-order chi connectivity index (χ1) is 12.4. The van der Waals surface area contributed by atoms with E-state index >= 15 is 0 Å². The number of benzene rings is 1. The number of aryl methyl sites for hydroxylation is 1. The summed E-state index contributed by atoms with van der Waals surface area (Å²) < 4.78 is 31.1. The molecule has 0 unspecified atom stereocenters. The van der Waals surface area contributed by atoms with Gasteiger partial charge in [0, 0.05) is 0 Å². The molecule has 0 heterocycles. The summed E-state index contributed by atoms with van der Waals surface area (Å²) in [5, 5.41) is 0. The van der Waals surface area contributed by atoms with Crippen molar-refractivity contribution in [2.24, 2.45) is 0 Å². The van der Waals surface area contributed by atoms with Gasteiger partial charge in [0.2, 0.25) is 0 Å². The van der Waals surface area contributed by atoms with Crippen LogP contribution in [0.15, 0.2) is 29.2 Å². The van der Waals surface area contributed by atoms with E-state index in [9.17, 15) is 8.42 Å². The van der Waals surface area contributed by atoms with Gasteiger partial charge in [-0.05, 0) is 0 Å². The van der Waals surface area contributed by atoms with Gasteiger partial charge in [0.05, 0.1) is 0 Å². The van der Waals surface area contributed by atoms with Crippen molar-refractivity contribution in [1.29, 1.82) is 0 Å². The van der Waals surface area contributed by atoms with Gasteiger partial charge in [0.15, 0.2) is 0 Å². The zero-order chi connectivity index (χ0) is 19.5. The molecule has 1 rings (SSSR count). The van der Waals surface area contributed by atoms with Gasteiger partial charge in [-0.1, -0.05) is 0 Å². The Balaban J connectivity index is 2.77. The van der Waals surface area contributed by atoms with E-state index in [0.717, 1.165) is 12.0 Å². The Bertz CT molecular complexity index is 571. The van der Waals surface area contributed by atoms with E-state index in [0.29, 0.717) is 10.6 Å². The summed E-state index contributed by atoms with van der Waals surface area (Å²) >= 11 is -2.20. The van der Waals surface area contributed by atoms with Crippen LogP contribution in [0.4, 0.5) is 0 Å². The van der Waals surface area contributed by atoms with E-state index in [4.69, 9.17) is 0 Å². The summed E-state index contributed by atoms with van der Waals surface area (Å²) in [6.45, 7) is 8.86. The fourth-order valence-electron chi connectivity index (χ4n) is 3.91. The Kier molecular flexibility index (Phi) is 11.5. The average Bonchev–Trinajstić information content (AvgIpc) is 2.63. The van der Waals surface area contributed by atoms with Crippen LogP contribution in [0.3, 0.4) is 0 Å². The van der Waals surface area contributed by atoms with Gasteiger partial charge in [0.25, 0.3) is 0 Å². The molecule has 0 spiro atoms. The van der Waals surface area contributed by atoms with E-state index < -0.39 is 28.2 Å². The molecule has 1 aromatic rings. The van der Waals surface area contributed by atoms with Crippen LogP contribution in [0.5, 0.6) is 0 Å². The normalized spacial score (nSPS) is 12.5. The molecule has 0 saturated carbocycles. The molecular weight excluding hydrogens is 447 g/mol. The number of rotatable bonds is 14. The van der Waals surface area contributed by atoms with Crippen molar-refractivity contribution in [2.75, 3.05) is 5.75 Å². The number of sulfone groups is 1. The third-order valence-electron chi connectivity index (χ3n) is 5.68. The van der Waals surface area contributed by atoms with Crippen molar-refractivity contribution in [3.8, 4) is 0 Å². The first-order valence-electron chi connectivity index (χ1n) is 10.7. The zero-order valence-corrected chi connectivity index (χ0v) is 21.2. The first kappa shape index (κ1) is 24.0. The van der Waals surface area contributed by atoms with Gasteiger partial charge < -0.3 is 0 Å². The summed E-state index contributed by atoms with van der Waals surface area (Å²) in [5.41, 5.74) is 1.11. The van der Waals surface area contributed by atoms with E-state index in [2.05, 4.69) is 20.8 Å². The molecule has 0 saturated heterocycles. The van der Waals surface area contributed by atoms with Crippen LogP contribution in [0.2, 0.25) is 17.7 Å². The summed E-state index contributed by atoms with van der Waals surface area (Å²) in [4.78, 5) is 0.500. The molecular formula is C22H40O2SSn. The molecule has 0 atom stereocenters. The molecule has 0 fully saturated rings. The molecule has 0 N–H and O–H groups in total. The van der Waals surface area contributed by atoms with Gasteiger partial charge in [-0.25, -0.2) is 0 Å². The van der Waals surface area contributed by atoms with Crippen LogP contribution in [0.25, 0.3) is 0 Å². The number of hydrogen-bond donors (Lipinski definition) is 0. The molecule has 0 aliphatic carbocycles. The minimum atomic E-state index is -3.13. The molecule has 26 heavy (non-hydrogen) atoms. The average molecular weight is 487 g/mol. The van der Waals surface area contributed by atoms with Crippen molar-refractivity contribution >= 4 is 28.2 Å². The predicted octanol–water partition coefficient (Wildman–Crippen LogP) is 7.01. The Morgan fingerprint density at radius 1 is 0.731 bits per heavy atom. The van der Waals surface area contributed by atoms with Gasteiger partial charge in [0.1, 0.15) is 0 Å². The Labute approximate surface area is 167 Å². The molecule has 0 aromatic heterocycles. The van der Waals surface area contributed by atoms with Crippen molar-refractivity contribution in [2.45, 2.75) is 95.3 Å². The van der Waals surface area contributed by atoms with Crippen LogP contribution < -0.4 is 0 Å². The van der Waals surface area contributed by atoms with Crippen LogP contribution in [0.1, 0.15) is 71.3 Å². The Morgan fingerprint density at radius 3 is 1.58 bits per heavy atom. The standard InChI is InChI=1S/C10H13O2S.3C4H9.Sn/c1-3-8-13(11,12)10-6-4-9(2)5-7-10;3*1-3-4-2;/h4-7H,1,3,8H2,2H3;3*1,3-4H2,2H3;. The second-order valence-electron chi connectivity index (χ2n) is 8.05. The fourth-order valence-corrected chi connectivity index (χ4v) is 22.3. The van der Waals surface area contributed by atoms with Crippen molar-refractivity contribution in [1.82, 2.24) is 0 Å². The van der Waals surface area contributed by atoms with E-state index in [1.807, 2.05) is 19.1 Å². The molecule has 0 aliphatic heterocycles. The van der Waals surface area contributed by atoms with E-state index in [1.165, 1.54) is 56.3 Å². The van der Waals surface area contributed by atoms with Crippen LogP contribution >= 0.6 is 0 Å². The number of unbranched alkanes of at least 4 members (excludes halogenated alkanes) is 3. The van der Waals surface area contributed by atoms with E-state index in [-0.39, 0.29) is 0 Å². The second kappa shape index (κ2) is 12.4. The van der Waals surface area contributed by atoms with Gasteiger partial charge >= 0.3 is 167 Å². The summed E-state index contributed by atoms with van der Waals surface area (Å²) in [7, 11) is -3.13. The SMILES string of the molecule is CCC[CH2][Sn]([CH2]CCC)([CH2]CCC)[CH2]CCS(=O)(=O)c1ccc(C)cc1. The summed E-state index contributed by atoms with van der Waals surface area (Å²) in [5.74, 6) is 0.332. The second-order valence-corrected chi connectivity index (χ2v) is 24.4. The van der Waals surface area contributed by atoms with Crippen LogP contribution in [0, 0.1) is 6.92 Å². The maximum atomic E-state index is 12.7. The third-order valence-corrected chi connectivity index (χ3v) is 23.6.